The van der Waals surface area contributed by atoms with Crippen molar-refractivity contribution >= 4 is 0 Å². The van der Waals surface area contributed by atoms with Crippen molar-refractivity contribution in [3.63, 3.8) is 0 Å². The number of hydrogen-bond donors (Lipinski definition) is 0. The van der Waals surface area contributed by atoms with E-state index in [-0.39, 0.29) is 23.3 Å². The Kier molecular flexibility index (Phi) is 6.08. The Morgan fingerprint density at radius 1 is 0.588 bits per heavy atom. The van der Waals surface area contributed by atoms with Crippen LogP contribution in [-0.4, -0.2) is 0 Å². The molecule has 0 aliphatic carbocycles. The van der Waals surface area contributed by atoms with Crippen LogP contribution in [0.5, 0.6) is 5.75 Å². The van der Waals surface area contributed by atoms with Crippen molar-refractivity contribution in [2.45, 2.75) is 13.0 Å². The van der Waals surface area contributed by atoms with Gasteiger partial charge in [0.2, 0.25) is 0 Å². The number of halogens is 7. The SMILES string of the molecule is Cc1ccc(-c2ccc(-c3ccc(C(F)(F)Oc4cc(F)c(F)c(F)c4)c(F)c3F)cc2)cc1. The number of ether oxygens (including phenoxy) is 1. The van der Waals surface area contributed by atoms with Crippen molar-refractivity contribution in [1.82, 2.24) is 0 Å². The van der Waals surface area contributed by atoms with Crippen molar-refractivity contribution in [2.75, 3.05) is 0 Å². The summed E-state index contributed by atoms with van der Waals surface area (Å²) >= 11 is 0. The standard InChI is InChI=1S/C26H15F7O/c1-14-2-4-15(5-3-14)16-6-8-17(9-7-16)19-10-11-20(24(30)23(19)29)26(32,33)34-18-12-21(27)25(31)22(28)13-18/h2-13H,1H3. The van der Waals surface area contributed by atoms with E-state index in [1.807, 2.05) is 31.2 Å². The lowest BCUT2D eigenvalue weighted by atomic mass is 9.98. The van der Waals surface area contributed by atoms with Gasteiger partial charge in [0, 0.05) is 17.7 Å². The van der Waals surface area contributed by atoms with Gasteiger partial charge >= 0.3 is 6.11 Å². The Morgan fingerprint density at radius 3 is 1.65 bits per heavy atom. The highest BCUT2D eigenvalue weighted by Gasteiger charge is 2.39. The van der Waals surface area contributed by atoms with Crippen molar-refractivity contribution in [1.29, 1.82) is 0 Å². The molecule has 0 saturated heterocycles. The highest BCUT2D eigenvalue weighted by atomic mass is 19.3. The molecular formula is C26H15F7O. The highest BCUT2D eigenvalue weighted by molar-refractivity contribution is 5.71. The molecule has 0 unspecified atom stereocenters. The van der Waals surface area contributed by atoms with Crippen LogP contribution >= 0.6 is 0 Å². The molecule has 4 aromatic rings. The third-order valence-electron chi connectivity index (χ3n) is 5.18. The molecule has 8 heteroatoms. The molecule has 0 spiro atoms. The van der Waals surface area contributed by atoms with Gasteiger partial charge in [0.15, 0.2) is 29.1 Å². The van der Waals surface area contributed by atoms with Gasteiger partial charge in [0.25, 0.3) is 0 Å². The lowest BCUT2D eigenvalue weighted by molar-refractivity contribution is -0.187. The molecule has 0 fully saturated rings. The van der Waals surface area contributed by atoms with Crippen LogP contribution in [0, 0.1) is 36.0 Å². The van der Waals surface area contributed by atoms with Crippen LogP contribution in [-0.2, 0) is 6.11 Å². The molecule has 0 radical (unpaired) electrons. The van der Waals surface area contributed by atoms with E-state index in [2.05, 4.69) is 4.74 Å². The topological polar surface area (TPSA) is 9.23 Å². The maximum absolute atomic E-state index is 14.7. The molecule has 0 N–H and O–H groups in total. The van der Waals surface area contributed by atoms with Crippen LogP contribution in [0.2, 0.25) is 0 Å². The zero-order valence-corrected chi connectivity index (χ0v) is 17.5. The molecule has 0 aliphatic rings. The highest BCUT2D eigenvalue weighted by Crippen LogP contribution is 2.37. The number of alkyl halides is 2. The van der Waals surface area contributed by atoms with Gasteiger partial charge in [0.05, 0.1) is 0 Å². The van der Waals surface area contributed by atoms with E-state index >= 15 is 0 Å². The molecule has 1 nitrogen and oxygen atoms in total. The number of hydrogen-bond acceptors (Lipinski definition) is 1. The molecule has 0 heterocycles. The largest absolute Gasteiger partial charge is 0.429 e. The predicted molar refractivity (Wildman–Crippen MR) is 113 cm³/mol. The van der Waals surface area contributed by atoms with Gasteiger partial charge in [-0.05, 0) is 29.7 Å². The molecule has 174 valence electrons. The maximum atomic E-state index is 14.7. The minimum Gasteiger partial charge on any atom is -0.429 e. The molecule has 4 aromatic carbocycles. The van der Waals surface area contributed by atoms with Gasteiger partial charge in [-0.1, -0.05) is 60.2 Å². The summed E-state index contributed by atoms with van der Waals surface area (Å²) in [7, 11) is 0. The van der Waals surface area contributed by atoms with E-state index in [4.69, 9.17) is 0 Å². The number of rotatable bonds is 5. The maximum Gasteiger partial charge on any atom is 0.429 e. The van der Waals surface area contributed by atoms with Gasteiger partial charge in [0.1, 0.15) is 11.3 Å². The van der Waals surface area contributed by atoms with Crippen molar-refractivity contribution in [3.8, 4) is 28.0 Å². The zero-order valence-electron chi connectivity index (χ0n) is 17.5. The third-order valence-corrected chi connectivity index (χ3v) is 5.18. The van der Waals surface area contributed by atoms with Crippen molar-refractivity contribution in [2.24, 2.45) is 0 Å². The summed E-state index contributed by atoms with van der Waals surface area (Å²) in [4.78, 5) is 0. The van der Waals surface area contributed by atoms with E-state index in [1.54, 1.807) is 12.1 Å². The first kappa shape index (κ1) is 23.4. The summed E-state index contributed by atoms with van der Waals surface area (Å²) < 4.78 is 102. The van der Waals surface area contributed by atoms with E-state index < -0.39 is 46.5 Å². The summed E-state index contributed by atoms with van der Waals surface area (Å²) in [6, 6.07) is 15.9. The number of aryl methyl sites for hydroxylation is 1. The molecule has 0 aliphatic heterocycles. The molecule has 4 rings (SSSR count). The lowest BCUT2D eigenvalue weighted by Crippen LogP contribution is -2.24. The van der Waals surface area contributed by atoms with Gasteiger partial charge in [-0.15, -0.1) is 0 Å². The fourth-order valence-electron chi connectivity index (χ4n) is 3.38. The summed E-state index contributed by atoms with van der Waals surface area (Å²) in [5.41, 5.74) is 1.28. The van der Waals surface area contributed by atoms with E-state index in [9.17, 15) is 30.7 Å². The zero-order chi connectivity index (χ0) is 24.6. The van der Waals surface area contributed by atoms with Crippen LogP contribution in [0.1, 0.15) is 11.1 Å². The van der Waals surface area contributed by atoms with Crippen LogP contribution in [0.25, 0.3) is 22.3 Å². The van der Waals surface area contributed by atoms with Gasteiger partial charge in [-0.2, -0.15) is 8.78 Å². The second-order valence-electron chi connectivity index (χ2n) is 7.55. The monoisotopic (exact) mass is 476 g/mol. The third kappa shape index (κ3) is 4.48. The Morgan fingerprint density at radius 2 is 1.09 bits per heavy atom. The quantitative estimate of drug-likeness (QED) is 0.209. The normalized spacial score (nSPS) is 11.5. The first-order chi connectivity index (χ1) is 16.1. The Labute approximate surface area is 190 Å². The summed E-state index contributed by atoms with van der Waals surface area (Å²) in [5, 5.41) is 0. The average Bonchev–Trinajstić information content (AvgIpc) is 2.79. The second kappa shape index (κ2) is 8.85. The summed E-state index contributed by atoms with van der Waals surface area (Å²) in [5.74, 6) is -9.99. The van der Waals surface area contributed by atoms with Gasteiger partial charge < -0.3 is 4.74 Å². The summed E-state index contributed by atoms with van der Waals surface area (Å²) in [6.07, 6.45) is -4.50. The Balaban J connectivity index is 1.63. The van der Waals surface area contributed by atoms with E-state index in [0.717, 1.165) is 22.8 Å². The average molecular weight is 476 g/mol. The summed E-state index contributed by atoms with van der Waals surface area (Å²) in [6.45, 7) is 1.94. The van der Waals surface area contributed by atoms with Crippen LogP contribution in [0.3, 0.4) is 0 Å². The predicted octanol–water partition coefficient (Wildman–Crippen LogP) is 8.15. The number of benzene rings is 4. The Bertz CT molecular complexity index is 1320. The first-order valence-corrected chi connectivity index (χ1v) is 9.94. The fourth-order valence-corrected chi connectivity index (χ4v) is 3.38. The van der Waals surface area contributed by atoms with Crippen LogP contribution < -0.4 is 4.74 Å². The van der Waals surface area contributed by atoms with Crippen LogP contribution in [0.4, 0.5) is 30.7 Å². The first-order valence-electron chi connectivity index (χ1n) is 9.94. The second-order valence-corrected chi connectivity index (χ2v) is 7.55. The molecule has 0 amide bonds. The fraction of sp³-hybridized carbons (Fsp3) is 0.0769. The van der Waals surface area contributed by atoms with Gasteiger partial charge in [-0.25, -0.2) is 22.0 Å². The molecule has 0 aromatic heterocycles. The van der Waals surface area contributed by atoms with E-state index in [1.165, 1.54) is 12.1 Å². The molecule has 0 atom stereocenters. The lowest BCUT2D eigenvalue weighted by Gasteiger charge is -2.20. The molecule has 0 bridgehead atoms. The smallest absolute Gasteiger partial charge is 0.429 e. The van der Waals surface area contributed by atoms with Crippen molar-refractivity contribution < 1.29 is 35.5 Å². The Hall–Kier alpha value is -3.81. The van der Waals surface area contributed by atoms with Crippen molar-refractivity contribution in [3.05, 3.63) is 113 Å². The molecule has 34 heavy (non-hydrogen) atoms. The molecule has 0 saturated carbocycles. The molecular weight excluding hydrogens is 461 g/mol. The van der Waals surface area contributed by atoms with Crippen LogP contribution in [0.15, 0.2) is 72.8 Å². The van der Waals surface area contributed by atoms with Gasteiger partial charge in [-0.3, -0.25) is 0 Å². The van der Waals surface area contributed by atoms with E-state index in [0.29, 0.717) is 6.07 Å². The minimum atomic E-state index is -4.50. The minimum absolute atomic E-state index is 0.171.